The van der Waals surface area contributed by atoms with Crippen LogP contribution in [0.5, 0.6) is 0 Å². The molecule has 0 atom stereocenters. The number of rotatable bonds is 3. The molecule has 2 aromatic rings. The summed E-state index contributed by atoms with van der Waals surface area (Å²) in [5.41, 5.74) is -0.517. The molecular formula is C14H10BrClF3NO2S. The Bertz CT molecular complexity index is 836. The fraction of sp³-hybridized carbons (Fsp3) is 0.143. The number of alkyl halides is 3. The number of halogens is 5. The topological polar surface area (TPSA) is 46.2 Å². The number of anilines is 1. The average Bonchev–Trinajstić information content (AvgIpc) is 2.41. The molecule has 0 bridgehead atoms. The molecule has 0 amide bonds. The third-order valence-corrected chi connectivity index (χ3v) is 5.29. The van der Waals surface area contributed by atoms with Crippen LogP contribution in [0.25, 0.3) is 0 Å². The summed E-state index contributed by atoms with van der Waals surface area (Å²) in [5, 5.41) is -0.152. The highest BCUT2D eigenvalue weighted by Crippen LogP contribution is 2.39. The van der Waals surface area contributed by atoms with Gasteiger partial charge in [-0.25, -0.2) is 8.42 Å². The van der Waals surface area contributed by atoms with Gasteiger partial charge in [-0.15, -0.1) is 0 Å². The molecule has 0 aromatic heterocycles. The second-order valence-corrected chi connectivity index (χ2v) is 7.67. The largest absolute Gasteiger partial charge is 0.417 e. The highest BCUT2D eigenvalue weighted by atomic mass is 79.9. The molecule has 23 heavy (non-hydrogen) atoms. The molecule has 2 aromatic carbocycles. The minimum absolute atomic E-state index is 0.0735. The van der Waals surface area contributed by atoms with Crippen LogP contribution in [0.4, 0.5) is 18.9 Å². The first kappa shape index (κ1) is 18.1. The van der Waals surface area contributed by atoms with Crippen molar-refractivity contribution in [1.82, 2.24) is 0 Å². The van der Waals surface area contributed by atoms with Crippen LogP contribution < -0.4 is 4.72 Å². The minimum atomic E-state index is -4.65. The van der Waals surface area contributed by atoms with Crippen molar-refractivity contribution >= 4 is 43.2 Å². The van der Waals surface area contributed by atoms with Gasteiger partial charge in [0.15, 0.2) is 0 Å². The number of sulfonamides is 1. The van der Waals surface area contributed by atoms with E-state index < -0.39 is 21.8 Å². The van der Waals surface area contributed by atoms with Crippen molar-refractivity contribution < 1.29 is 21.6 Å². The van der Waals surface area contributed by atoms with Gasteiger partial charge in [-0.05, 0) is 31.2 Å². The van der Waals surface area contributed by atoms with Gasteiger partial charge in [0.2, 0.25) is 0 Å². The highest BCUT2D eigenvalue weighted by molar-refractivity contribution is 9.10. The summed E-state index contributed by atoms with van der Waals surface area (Å²) in [7, 11) is -4.04. The van der Waals surface area contributed by atoms with E-state index in [1.807, 2.05) is 0 Å². The minimum Gasteiger partial charge on any atom is -0.278 e. The fourth-order valence-corrected chi connectivity index (χ4v) is 3.80. The van der Waals surface area contributed by atoms with Crippen LogP contribution >= 0.6 is 27.5 Å². The zero-order valence-electron chi connectivity index (χ0n) is 11.6. The van der Waals surface area contributed by atoms with E-state index in [0.29, 0.717) is 6.07 Å². The molecule has 0 fully saturated rings. The van der Waals surface area contributed by atoms with Crippen LogP contribution in [0.1, 0.15) is 11.1 Å². The van der Waals surface area contributed by atoms with Gasteiger partial charge in [0.1, 0.15) is 0 Å². The summed E-state index contributed by atoms with van der Waals surface area (Å²) in [6, 6.07) is 7.53. The van der Waals surface area contributed by atoms with Gasteiger partial charge >= 0.3 is 6.18 Å². The third-order valence-electron chi connectivity index (χ3n) is 2.94. The van der Waals surface area contributed by atoms with E-state index in [4.69, 9.17) is 11.6 Å². The van der Waals surface area contributed by atoms with E-state index in [1.54, 1.807) is 19.1 Å². The molecule has 2 rings (SSSR count). The summed E-state index contributed by atoms with van der Waals surface area (Å²) < 4.78 is 65.0. The smallest absolute Gasteiger partial charge is 0.278 e. The van der Waals surface area contributed by atoms with E-state index >= 15 is 0 Å². The Morgan fingerprint density at radius 3 is 2.22 bits per heavy atom. The molecule has 124 valence electrons. The van der Waals surface area contributed by atoms with Gasteiger partial charge in [-0.1, -0.05) is 45.2 Å². The molecule has 0 saturated heterocycles. The van der Waals surface area contributed by atoms with Crippen molar-refractivity contribution in [3.63, 3.8) is 0 Å². The Balaban J connectivity index is 2.45. The van der Waals surface area contributed by atoms with Gasteiger partial charge in [-0.2, -0.15) is 13.2 Å². The fourth-order valence-electron chi connectivity index (χ4n) is 1.77. The van der Waals surface area contributed by atoms with Gasteiger partial charge in [-0.3, -0.25) is 4.72 Å². The van der Waals surface area contributed by atoms with Crippen LogP contribution in [0.3, 0.4) is 0 Å². The molecule has 3 nitrogen and oxygen atoms in total. The predicted molar refractivity (Wildman–Crippen MR) is 86.1 cm³/mol. The van der Waals surface area contributed by atoms with Crippen molar-refractivity contribution in [3.05, 3.63) is 57.0 Å². The summed E-state index contributed by atoms with van der Waals surface area (Å²) in [4.78, 5) is -0.0735. The zero-order valence-corrected chi connectivity index (χ0v) is 14.7. The van der Waals surface area contributed by atoms with Crippen LogP contribution in [-0.2, 0) is 16.2 Å². The maximum absolute atomic E-state index is 12.9. The van der Waals surface area contributed by atoms with Gasteiger partial charge in [0.25, 0.3) is 10.0 Å². The summed E-state index contributed by atoms with van der Waals surface area (Å²) in [5.74, 6) is 0. The molecule has 0 heterocycles. The van der Waals surface area contributed by atoms with Crippen LogP contribution in [0.2, 0.25) is 5.02 Å². The van der Waals surface area contributed by atoms with Crippen molar-refractivity contribution in [1.29, 1.82) is 0 Å². The third kappa shape index (κ3) is 4.19. The first-order valence-electron chi connectivity index (χ1n) is 6.16. The van der Waals surface area contributed by atoms with E-state index in [2.05, 4.69) is 20.7 Å². The second-order valence-electron chi connectivity index (χ2n) is 4.73. The predicted octanol–water partition coefficient (Wildman–Crippen LogP) is 5.23. The Hall–Kier alpha value is -1.25. The Kier molecular flexibility index (Phi) is 4.98. The van der Waals surface area contributed by atoms with E-state index in [-0.39, 0.29) is 20.1 Å². The lowest BCUT2D eigenvalue weighted by atomic mass is 10.2. The molecule has 9 heteroatoms. The Morgan fingerprint density at radius 2 is 1.70 bits per heavy atom. The molecule has 0 saturated carbocycles. The maximum atomic E-state index is 12.9. The standard InChI is InChI=1S/C14H10BrClF3NO2S/c1-8-2-4-9(5-3-8)23(21,22)20-13-6-10(14(17,18)19)11(15)7-12(13)16/h2-7,20H,1H3. The van der Waals surface area contributed by atoms with Crippen molar-refractivity contribution in [2.75, 3.05) is 4.72 Å². The van der Waals surface area contributed by atoms with E-state index in [1.165, 1.54) is 12.1 Å². The zero-order chi connectivity index (χ0) is 17.4. The molecule has 0 aliphatic heterocycles. The number of hydrogen-bond acceptors (Lipinski definition) is 2. The lowest BCUT2D eigenvalue weighted by Crippen LogP contribution is -2.15. The van der Waals surface area contributed by atoms with Crippen molar-refractivity contribution in [2.24, 2.45) is 0 Å². The highest BCUT2D eigenvalue weighted by Gasteiger charge is 2.34. The SMILES string of the molecule is Cc1ccc(S(=O)(=O)Nc2cc(C(F)(F)F)c(Br)cc2Cl)cc1. The van der Waals surface area contributed by atoms with Crippen LogP contribution in [-0.4, -0.2) is 8.42 Å². The van der Waals surface area contributed by atoms with Gasteiger partial charge in [0.05, 0.1) is 21.2 Å². The molecule has 0 radical (unpaired) electrons. The first-order valence-corrected chi connectivity index (χ1v) is 8.82. The summed E-state index contributed by atoms with van der Waals surface area (Å²) >= 11 is 8.61. The lowest BCUT2D eigenvalue weighted by molar-refractivity contribution is -0.138. The molecule has 0 aliphatic rings. The number of benzene rings is 2. The van der Waals surface area contributed by atoms with Crippen molar-refractivity contribution in [3.8, 4) is 0 Å². The normalized spacial score (nSPS) is 12.3. The van der Waals surface area contributed by atoms with Crippen LogP contribution in [0, 0.1) is 6.92 Å². The molecule has 0 aliphatic carbocycles. The molecule has 0 unspecified atom stereocenters. The molecular weight excluding hydrogens is 419 g/mol. The molecule has 0 spiro atoms. The first-order chi connectivity index (χ1) is 10.5. The van der Waals surface area contributed by atoms with E-state index in [0.717, 1.165) is 11.6 Å². The lowest BCUT2D eigenvalue weighted by Gasteiger charge is -2.14. The summed E-state index contributed by atoms with van der Waals surface area (Å²) in [6.45, 7) is 1.78. The van der Waals surface area contributed by atoms with Gasteiger partial charge in [0, 0.05) is 4.47 Å². The van der Waals surface area contributed by atoms with E-state index in [9.17, 15) is 21.6 Å². The average molecular weight is 429 g/mol. The molecule has 1 N–H and O–H groups in total. The van der Waals surface area contributed by atoms with Crippen molar-refractivity contribution in [2.45, 2.75) is 18.0 Å². The number of nitrogens with one attached hydrogen (secondary N) is 1. The Labute approximate surface area is 144 Å². The quantitative estimate of drug-likeness (QED) is 0.727. The number of hydrogen-bond donors (Lipinski definition) is 1. The second kappa shape index (κ2) is 6.33. The summed E-state index contributed by atoms with van der Waals surface area (Å²) in [6.07, 6.45) is -4.65. The van der Waals surface area contributed by atoms with Crippen LogP contribution in [0.15, 0.2) is 45.8 Å². The Morgan fingerprint density at radius 1 is 1.13 bits per heavy atom. The monoisotopic (exact) mass is 427 g/mol. The maximum Gasteiger partial charge on any atom is 0.417 e. The van der Waals surface area contributed by atoms with Gasteiger partial charge < -0.3 is 0 Å². The number of aryl methyl sites for hydroxylation is 1.